The highest BCUT2D eigenvalue weighted by Gasteiger charge is 2.41. The Kier molecular flexibility index (Phi) is 9.97. The van der Waals surface area contributed by atoms with Crippen LogP contribution in [0.4, 0.5) is 13.2 Å². The number of para-hydroxylation sites is 1. The van der Waals surface area contributed by atoms with Gasteiger partial charge < -0.3 is 15.4 Å². The second-order valence-electron chi connectivity index (χ2n) is 6.37. The van der Waals surface area contributed by atoms with E-state index in [4.69, 9.17) is 4.74 Å². The van der Waals surface area contributed by atoms with Gasteiger partial charge >= 0.3 is 6.18 Å². The Bertz CT molecular complexity index is 614. The highest BCUT2D eigenvalue weighted by atomic mass is 127. The van der Waals surface area contributed by atoms with E-state index >= 15 is 0 Å². The van der Waals surface area contributed by atoms with Crippen molar-refractivity contribution in [1.82, 2.24) is 10.6 Å². The van der Waals surface area contributed by atoms with Crippen LogP contribution in [0.15, 0.2) is 41.9 Å². The maximum Gasteiger partial charge on any atom is 0.391 e. The van der Waals surface area contributed by atoms with Gasteiger partial charge in [-0.15, -0.1) is 24.0 Å². The van der Waals surface area contributed by atoms with Crippen molar-refractivity contribution in [2.45, 2.75) is 44.4 Å². The largest absolute Gasteiger partial charge is 0.489 e. The maximum absolute atomic E-state index is 12.8. The minimum Gasteiger partial charge on any atom is -0.489 e. The van der Waals surface area contributed by atoms with Crippen LogP contribution >= 0.6 is 24.0 Å². The van der Waals surface area contributed by atoms with Crippen LogP contribution in [0.2, 0.25) is 0 Å². The average Bonchev–Trinajstić information content (AvgIpc) is 2.63. The Morgan fingerprint density at radius 1 is 1.26 bits per heavy atom. The first-order chi connectivity index (χ1) is 12.4. The number of rotatable bonds is 6. The lowest BCUT2D eigenvalue weighted by molar-refractivity contribution is -0.182. The van der Waals surface area contributed by atoms with Crippen LogP contribution in [0.25, 0.3) is 0 Å². The smallest absolute Gasteiger partial charge is 0.391 e. The van der Waals surface area contributed by atoms with Crippen LogP contribution in [0, 0.1) is 5.92 Å². The van der Waals surface area contributed by atoms with Crippen molar-refractivity contribution in [3.8, 4) is 5.75 Å². The van der Waals surface area contributed by atoms with Gasteiger partial charge in [0.1, 0.15) is 12.4 Å². The molecule has 0 bridgehead atoms. The standard InChI is InChI=1S/C19H26F3N3O.HI/c1-3-12-26-17-7-5-4-6-14(17)13-24-18(23-2)25-16-10-8-15(9-11-16)19(20,21)22;/h3-7,15-16H,1,8-13H2,2H3,(H2,23,24,25);1H. The number of alkyl halides is 3. The van der Waals surface area contributed by atoms with E-state index in [9.17, 15) is 13.2 Å². The average molecular weight is 497 g/mol. The van der Waals surface area contributed by atoms with Gasteiger partial charge in [0.15, 0.2) is 5.96 Å². The van der Waals surface area contributed by atoms with Gasteiger partial charge in [-0.3, -0.25) is 4.99 Å². The summed E-state index contributed by atoms with van der Waals surface area (Å²) in [6.45, 7) is 4.57. The van der Waals surface area contributed by atoms with E-state index < -0.39 is 12.1 Å². The van der Waals surface area contributed by atoms with E-state index in [-0.39, 0.29) is 42.9 Å². The number of hydrogen-bond acceptors (Lipinski definition) is 2. The molecule has 4 nitrogen and oxygen atoms in total. The van der Waals surface area contributed by atoms with Crippen LogP contribution in [0.3, 0.4) is 0 Å². The van der Waals surface area contributed by atoms with Crippen molar-refractivity contribution < 1.29 is 17.9 Å². The van der Waals surface area contributed by atoms with Crippen molar-refractivity contribution in [3.63, 3.8) is 0 Å². The molecular weight excluding hydrogens is 470 g/mol. The lowest BCUT2D eigenvalue weighted by Crippen LogP contribution is -2.45. The Morgan fingerprint density at radius 3 is 2.52 bits per heavy atom. The predicted octanol–water partition coefficient (Wildman–Crippen LogP) is 4.66. The fourth-order valence-electron chi connectivity index (χ4n) is 3.07. The molecule has 1 aliphatic carbocycles. The van der Waals surface area contributed by atoms with Crippen LogP contribution in [-0.2, 0) is 6.54 Å². The quantitative estimate of drug-likeness (QED) is 0.260. The Labute approximate surface area is 175 Å². The van der Waals surface area contributed by atoms with Crippen LogP contribution in [0.1, 0.15) is 31.2 Å². The number of halogens is 4. The van der Waals surface area contributed by atoms with Crippen molar-refractivity contribution >= 4 is 29.9 Å². The molecule has 0 radical (unpaired) electrons. The number of nitrogens with zero attached hydrogens (tertiary/aromatic N) is 1. The van der Waals surface area contributed by atoms with Crippen molar-refractivity contribution in [2.75, 3.05) is 13.7 Å². The Balaban J connectivity index is 0.00000364. The highest BCUT2D eigenvalue weighted by Crippen LogP contribution is 2.37. The zero-order valence-electron chi connectivity index (χ0n) is 15.4. The van der Waals surface area contributed by atoms with Gasteiger partial charge in [-0.05, 0) is 31.7 Å². The first-order valence-corrected chi connectivity index (χ1v) is 8.79. The maximum atomic E-state index is 12.8. The third-order valence-corrected chi connectivity index (χ3v) is 4.53. The summed E-state index contributed by atoms with van der Waals surface area (Å²) < 4.78 is 43.9. The van der Waals surface area contributed by atoms with Gasteiger partial charge in [0.2, 0.25) is 0 Å². The lowest BCUT2D eigenvalue weighted by atomic mass is 9.85. The highest BCUT2D eigenvalue weighted by molar-refractivity contribution is 14.0. The van der Waals surface area contributed by atoms with E-state index in [1.807, 2.05) is 24.3 Å². The predicted molar refractivity (Wildman–Crippen MR) is 113 cm³/mol. The van der Waals surface area contributed by atoms with E-state index in [1.54, 1.807) is 13.1 Å². The molecule has 8 heteroatoms. The zero-order valence-corrected chi connectivity index (χ0v) is 17.7. The molecule has 0 spiro atoms. The molecule has 1 aliphatic rings. The fourth-order valence-corrected chi connectivity index (χ4v) is 3.07. The van der Waals surface area contributed by atoms with Gasteiger partial charge in [0.05, 0.1) is 5.92 Å². The molecule has 0 heterocycles. The monoisotopic (exact) mass is 497 g/mol. The van der Waals surface area contributed by atoms with Gasteiger partial charge in [0, 0.05) is 25.2 Å². The van der Waals surface area contributed by atoms with Gasteiger partial charge in [-0.2, -0.15) is 13.2 Å². The van der Waals surface area contributed by atoms with Gasteiger partial charge in [0.25, 0.3) is 0 Å². The third-order valence-electron chi connectivity index (χ3n) is 4.53. The van der Waals surface area contributed by atoms with Crippen molar-refractivity contribution in [3.05, 3.63) is 42.5 Å². The summed E-state index contributed by atoms with van der Waals surface area (Å²) in [6.07, 6.45) is -1.09. The number of ether oxygens (including phenoxy) is 1. The number of aliphatic imine (C=N–C) groups is 1. The molecule has 2 rings (SSSR count). The minimum atomic E-state index is -4.08. The minimum absolute atomic E-state index is 0. The fraction of sp³-hybridized carbons (Fsp3) is 0.526. The summed E-state index contributed by atoms with van der Waals surface area (Å²) >= 11 is 0. The number of guanidine groups is 1. The molecule has 0 aromatic heterocycles. The van der Waals surface area contributed by atoms with Gasteiger partial charge in [-0.1, -0.05) is 30.9 Å². The number of hydrogen-bond donors (Lipinski definition) is 2. The summed E-state index contributed by atoms with van der Waals surface area (Å²) in [5, 5.41) is 6.43. The molecule has 1 aromatic rings. The molecule has 27 heavy (non-hydrogen) atoms. The van der Waals surface area contributed by atoms with Crippen LogP contribution in [-0.4, -0.2) is 31.8 Å². The Hall–Kier alpha value is -1.45. The molecule has 0 amide bonds. The first kappa shape index (κ1) is 23.6. The molecule has 1 fully saturated rings. The Morgan fingerprint density at radius 2 is 1.93 bits per heavy atom. The molecule has 0 unspecified atom stereocenters. The second kappa shape index (κ2) is 11.4. The molecule has 1 aromatic carbocycles. The van der Waals surface area contributed by atoms with Crippen LogP contribution in [0.5, 0.6) is 5.75 Å². The molecule has 0 saturated heterocycles. The summed E-state index contributed by atoms with van der Waals surface area (Å²) in [5.74, 6) is 0.171. The number of benzene rings is 1. The topological polar surface area (TPSA) is 45.6 Å². The summed E-state index contributed by atoms with van der Waals surface area (Å²) in [5.41, 5.74) is 0.970. The van der Waals surface area contributed by atoms with Crippen molar-refractivity contribution in [1.29, 1.82) is 0 Å². The molecule has 1 saturated carbocycles. The van der Waals surface area contributed by atoms with Gasteiger partial charge in [-0.25, -0.2) is 0 Å². The molecule has 2 N–H and O–H groups in total. The van der Waals surface area contributed by atoms with Crippen molar-refractivity contribution in [2.24, 2.45) is 10.9 Å². The molecule has 0 atom stereocenters. The van der Waals surface area contributed by atoms with Crippen LogP contribution < -0.4 is 15.4 Å². The summed E-state index contributed by atoms with van der Waals surface area (Å²) in [6, 6.07) is 7.66. The summed E-state index contributed by atoms with van der Waals surface area (Å²) in [4.78, 5) is 4.17. The second-order valence-corrected chi connectivity index (χ2v) is 6.37. The molecule has 0 aliphatic heterocycles. The zero-order chi connectivity index (χ0) is 19.0. The number of nitrogens with one attached hydrogen (secondary N) is 2. The summed E-state index contributed by atoms with van der Waals surface area (Å²) in [7, 11) is 1.65. The van der Waals surface area contributed by atoms with E-state index in [2.05, 4.69) is 22.2 Å². The lowest BCUT2D eigenvalue weighted by Gasteiger charge is -2.31. The van der Waals surface area contributed by atoms with E-state index in [1.165, 1.54) is 0 Å². The molecular formula is C19H27F3IN3O. The first-order valence-electron chi connectivity index (χ1n) is 8.79. The third kappa shape index (κ3) is 7.59. The SMILES string of the molecule is C=CCOc1ccccc1CNC(=NC)NC1CCC(C(F)(F)F)CC1.I. The van der Waals surface area contributed by atoms with E-state index in [0.29, 0.717) is 32.0 Å². The normalized spacial score (nSPS) is 20.4. The van der Waals surface area contributed by atoms with E-state index in [0.717, 1.165) is 11.3 Å². The molecule has 152 valence electrons.